The second-order valence-corrected chi connectivity index (χ2v) is 6.80. The van der Waals surface area contributed by atoms with Gasteiger partial charge in [0.15, 0.2) is 11.5 Å². The lowest BCUT2D eigenvalue weighted by Gasteiger charge is -2.23. The molecule has 0 saturated carbocycles. The zero-order chi connectivity index (χ0) is 22.4. The summed E-state index contributed by atoms with van der Waals surface area (Å²) in [6, 6.07) is 8.42. The van der Waals surface area contributed by atoms with E-state index in [-0.39, 0.29) is 0 Å². The van der Waals surface area contributed by atoms with Crippen molar-refractivity contribution in [3.05, 3.63) is 47.3 Å². The van der Waals surface area contributed by atoms with Crippen molar-refractivity contribution in [3.8, 4) is 34.0 Å². The van der Waals surface area contributed by atoms with Gasteiger partial charge in [0.25, 0.3) is 5.97 Å². The van der Waals surface area contributed by atoms with E-state index in [1.54, 1.807) is 14.2 Å². The molecule has 1 aromatic carbocycles. The summed E-state index contributed by atoms with van der Waals surface area (Å²) in [5.41, 5.74) is 8.95. The van der Waals surface area contributed by atoms with Crippen LogP contribution in [0, 0.1) is 13.8 Å². The molecule has 0 saturated heterocycles. The highest BCUT2D eigenvalue weighted by Crippen LogP contribution is 2.44. The van der Waals surface area contributed by atoms with Crippen molar-refractivity contribution in [3.63, 3.8) is 0 Å². The third-order valence-corrected chi connectivity index (χ3v) is 5.10. The Hall–Kier alpha value is -3.15. The van der Waals surface area contributed by atoms with E-state index in [0.717, 1.165) is 31.4 Å². The number of benzene rings is 1. The van der Waals surface area contributed by atoms with Gasteiger partial charge in [-0.15, -0.1) is 0 Å². The molecular weight excluding hydrogens is 380 g/mol. The quantitative estimate of drug-likeness (QED) is 0.599. The third-order valence-electron chi connectivity index (χ3n) is 5.10. The van der Waals surface area contributed by atoms with Crippen LogP contribution < -0.4 is 9.47 Å². The largest absolute Gasteiger partial charge is 0.493 e. The predicted molar refractivity (Wildman–Crippen MR) is 121 cm³/mol. The monoisotopic (exact) mass is 412 g/mol. The van der Waals surface area contributed by atoms with Crippen LogP contribution in [-0.4, -0.2) is 34.8 Å². The highest BCUT2D eigenvalue weighted by Gasteiger charge is 2.26. The molecule has 0 unspecified atom stereocenters. The van der Waals surface area contributed by atoms with Gasteiger partial charge in [0.2, 0.25) is 0 Å². The van der Waals surface area contributed by atoms with Gasteiger partial charge in [-0.05, 0) is 55.7 Å². The fourth-order valence-corrected chi connectivity index (χ4v) is 3.99. The zero-order valence-corrected chi connectivity index (χ0v) is 18.9. The summed E-state index contributed by atoms with van der Waals surface area (Å²) in [4.78, 5) is 12.4. The molecule has 162 valence electrons. The van der Waals surface area contributed by atoms with E-state index < -0.39 is 5.97 Å². The first-order chi connectivity index (χ1) is 14.4. The molecule has 2 aromatic heterocycles. The van der Waals surface area contributed by atoms with Crippen molar-refractivity contribution in [1.29, 1.82) is 0 Å². The lowest BCUT2D eigenvalue weighted by Crippen LogP contribution is -2.12. The average molecular weight is 413 g/mol. The number of aryl methyl sites for hydroxylation is 1. The molecule has 0 aliphatic carbocycles. The van der Waals surface area contributed by atoms with Gasteiger partial charge >= 0.3 is 0 Å². The van der Waals surface area contributed by atoms with Gasteiger partial charge in [0.05, 0.1) is 19.9 Å². The van der Waals surface area contributed by atoms with Crippen LogP contribution in [0.5, 0.6) is 11.5 Å². The van der Waals surface area contributed by atoms with Gasteiger partial charge in [0, 0.05) is 42.2 Å². The Morgan fingerprint density at radius 1 is 1.13 bits per heavy atom. The number of H-pyrrole nitrogens is 1. The maximum Gasteiger partial charge on any atom is 0.300 e. The van der Waals surface area contributed by atoms with Crippen molar-refractivity contribution in [2.24, 2.45) is 0 Å². The number of aromatic nitrogens is 2. The molecular formula is C24H32N2O4. The number of rotatable bonds is 3. The van der Waals surface area contributed by atoms with Crippen LogP contribution in [0.25, 0.3) is 22.5 Å². The van der Waals surface area contributed by atoms with Gasteiger partial charge in [-0.3, -0.25) is 4.79 Å². The van der Waals surface area contributed by atoms with E-state index in [2.05, 4.69) is 41.6 Å². The summed E-state index contributed by atoms with van der Waals surface area (Å²) in [6.45, 7) is 10.5. The van der Waals surface area contributed by atoms with Crippen LogP contribution in [0.4, 0.5) is 0 Å². The number of fused-ring (bicyclic) bond motifs is 3. The first-order valence-electron chi connectivity index (χ1n) is 10.2. The number of aromatic amines is 1. The number of carboxylic acid groups (broad SMARTS) is 1. The topological polar surface area (TPSA) is 76.5 Å². The highest BCUT2D eigenvalue weighted by molar-refractivity contribution is 5.82. The van der Waals surface area contributed by atoms with Crippen molar-refractivity contribution in [2.45, 2.75) is 47.6 Å². The molecule has 3 heterocycles. The molecule has 4 rings (SSSR count). The number of ether oxygens (including phenoxy) is 2. The molecule has 6 heteroatoms. The van der Waals surface area contributed by atoms with Crippen molar-refractivity contribution < 1.29 is 19.4 Å². The molecule has 30 heavy (non-hydrogen) atoms. The third kappa shape index (κ3) is 4.37. The number of carboxylic acids is 1. The van der Waals surface area contributed by atoms with E-state index in [9.17, 15) is 0 Å². The lowest BCUT2D eigenvalue weighted by atomic mass is 9.95. The Morgan fingerprint density at radius 2 is 1.73 bits per heavy atom. The summed E-state index contributed by atoms with van der Waals surface area (Å²) in [5.74, 6) is 0.750. The molecule has 3 aromatic rings. The normalized spacial score (nSPS) is 11.2. The zero-order valence-electron chi connectivity index (χ0n) is 18.9. The Bertz CT molecular complexity index is 997. The van der Waals surface area contributed by atoms with Crippen LogP contribution in [0.2, 0.25) is 0 Å². The summed E-state index contributed by atoms with van der Waals surface area (Å²) in [7, 11) is 3.38. The summed E-state index contributed by atoms with van der Waals surface area (Å²) >= 11 is 0. The Morgan fingerprint density at radius 3 is 2.27 bits per heavy atom. The van der Waals surface area contributed by atoms with E-state index in [1.807, 2.05) is 26.1 Å². The number of methoxy groups -OCH3 is 2. The molecule has 0 radical (unpaired) electrons. The van der Waals surface area contributed by atoms with Crippen molar-refractivity contribution >= 4 is 5.97 Å². The van der Waals surface area contributed by atoms with Gasteiger partial charge in [-0.1, -0.05) is 13.8 Å². The molecule has 0 bridgehead atoms. The number of nitrogens with zero attached hydrogens (tertiary/aromatic N) is 1. The second-order valence-electron chi connectivity index (χ2n) is 6.80. The van der Waals surface area contributed by atoms with Crippen molar-refractivity contribution in [1.82, 2.24) is 9.55 Å². The van der Waals surface area contributed by atoms with Crippen molar-refractivity contribution in [2.75, 3.05) is 14.2 Å². The Kier molecular flexibility index (Phi) is 7.75. The SMILES string of the molecule is CC.CC(=O)O.COc1cc2c(cc1OC)-c1c(C)c(-c3ccc[nH]3)c(C)n1CC2. The highest BCUT2D eigenvalue weighted by atomic mass is 16.5. The average Bonchev–Trinajstić information content (AvgIpc) is 3.34. The molecule has 1 aliphatic heterocycles. The maximum atomic E-state index is 9.00. The maximum absolute atomic E-state index is 9.00. The van der Waals surface area contributed by atoms with Crippen LogP contribution in [0.15, 0.2) is 30.5 Å². The van der Waals surface area contributed by atoms with Gasteiger partial charge in [0.1, 0.15) is 0 Å². The second kappa shape index (κ2) is 10.1. The van der Waals surface area contributed by atoms with Gasteiger partial charge < -0.3 is 24.1 Å². The predicted octanol–water partition coefficient (Wildman–Crippen LogP) is 5.46. The number of carbonyl (C=O) groups is 1. The molecule has 2 N–H and O–H groups in total. The Labute approximate surface area is 178 Å². The number of hydrogen-bond acceptors (Lipinski definition) is 3. The molecule has 1 aliphatic rings. The standard InChI is InChI=1S/C20H22N2O2.C2H4O2.C2H6/c1-12-19(16-6-5-8-21-16)13(2)22-9-7-14-10-17(23-3)18(24-4)11-15(14)20(12)22;1-2(3)4;1-2/h5-6,8,10-11,21H,7,9H2,1-4H3;1H3,(H,3,4);1-2H3. The smallest absolute Gasteiger partial charge is 0.300 e. The van der Waals surface area contributed by atoms with Crippen LogP contribution in [-0.2, 0) is 17.8 Å². The molecule has 0 spiro atoms. The minimum absolute atomic E-state index is 0.782. The molecule has 0 fully saturated rings. The van der Waals surface area contributed by atoms with E-state index in [0.29, 0.717) is 0 Å². The first kappa shape index (κ1) is 23.1. The van der Waals surface area contributed by atoms with Crippen LogP contribution in [0.1, 0.15) is 37.6 Å². The van der Waals surface area contributed by atoms with Gasteiger partial charge in [-0.25, -0.2) is 0 Å². The summed E-state index contributed by atoms with van der Waals surface area (Å²) in [6.07, 6.45) is 2.98. The molecule has 0 amide bonds. The van der Waals surface area contributed by atoms with E-state index >= 15 is 0 Å². The first-order valence-corrected chi connectivity index (χ1v) is 10.2. The Balaban J connectivity index is 0.000000481. The van der Waals surface area contributed by atoms with E-state index in [1.165, 1.54) is 39.3 Å². The van der Waals surface area contributed by atoms with E-state index in [4.69, 9.17) is 19.4 Å². The molecule has 0 atom stereocenters. The lowest BCUT2D eigenvalue weighted by molar-refractivity contribution is -0.134. The fourth-order valence-electron chi connectivity index (χ4n) is 3.99. The minimum atomic E-state index is -0.833. The summed E-state index contributed by atoms with van der Waals surface area (Å²) in [5, 5.41) is 7.42. The number of hydrogen-bond donors (Lipinski definition) is 2. The number of aliphatic carboxylic acids is 1. The van der Waals surface area contributed by atoms with Crippen LogP contribution in [0.3, 0.4) is 0 Å². The number of nitrogens with one attached hydrogen (secondary N) is 1. The van der Waals surface area contributed by atoms with Crippen LogP contribution >= 0.6 is 0 Å². The minimum Gasteiger partial charge on any atom is -0.493 e. The summed E-state index contributed by atoms with van der Waals surface area (Å²) < 4.78 is 13.4. The fraction of sp³-hybridized carbons (Fsp3) is 0.375. The van der Waals surface area contributed by atoms with Gasteiger partial charge in [-0.2, -0.15) is 0 Å². The molecule has 6 nitrogen and oxygen atoms in total.